The van der Waals surface area contributed by atoms with Crippen LogP contribution in [0.25, 0.3) is 21.7 Å². The number of ether oxygens (including phenoxy) is 2. The Morgan fingerprint density at radius 2 is 1.87 bits per heavy atom. The Balaban J connectivity index is 1.26. The summed E-state index contributed by atoms with van der Waals surface area (Å²) in [6.45, 7) is 0.297. The zero-order valence-electron chi connectivity index (χ0n) is 20.0. The average Bonchev–Trinajstić information content (AvgIpc) is 3.36. The van der Waals surface area contributed by atoms with E-state index in [0.717, 1.165) is 16.3 Å². The monoisotopic (exact) mass is 529 g/mol. The van der Waals surface area contributed by atoms with Gasteiger partial charge in [0.25, 0.3) is 5.69 Å². The number of nitro groups is 1. The molecule has 4 aromatic carbocycles. The molecule has 0 aliphatic heterocycles. The SMILES string of the molecule is COc1cc(/C=N/NC(=O)c2cc3cc([N+](=O)[O-])ccc3o2)cc(Cl)c1OCc1ccc2ccccc2c1. The van der Waals surface area contributed by atoms with Crippen LogP contribution in [-0.2, 0) is 6.61 Å². The highest BCUT2D eigenvalue weighted by atomic mass is 35.5. The van der Waals surface area contributed by atoms with Gasteiger partial charge in [0.05, 0.1) is 23.3 Å². The molecule has 5 aromatic rings. The Bertz CT molecular complexity index is 1710. The van der Waals surface area contributed by atoms with Gasteiger partial charge in [0.2, 0.25) is 0 Å². The lowest BCUT2D eigenvalue weighted by Crippen LogP contribution is -2.16. The lowest BCUT2D eigenvalue weighted by atomic mass is 10.1. The van der Waals surface area contributed by atoms with E-state index in [1.165, 1.54) is 37.6 Å². The minimum Gasteiger partial charge on any atom is -0.493 e. The van der Waals surface area contributed by atoms with Crippen LogP contribution in [0.1, 0.15) is 21.7 Å². The van der Waals surface area contributed by atoms with E-state index in [2.05, 4.69) is 16.6 Å². The highest BCUT2D eigenvalue weighted by Gasteiger charge is 2.15. The number of hydrogen-bond acceptors (Lipinski definition) is 7. The Morgan fingerprint density at radius 1 is 1.05 bits per heavy atom. The van der Waals surface area contributed by atoms with Gasteiger partial charge in [0.1, 0.15) is 12.2 Å². The fourth-order valence-electron chi connectivity index (χ4n) is 3.92. The quantitative estimate of drug-likeness (QED) is 0.139. The number of amides is 1. The van der Waals surface area contributed by atoms with E-state index < -0.39 is 10.8 Å². The van der Waals surface area contributed by atoms with E-state index in [4.69, 9.17) is 25.5 Å². The van der Waals surface area contributed by atoms with Crippen LogP contribution < -0.4 is 14.9 Å². The number of methoxy groups -OCH3 is 1. The van der Waals surface area contributed by atoms with Crippen LogP contribution in [0.15, 0.2) is 88.4 Å². The van der Waals surface area contributed by atoms with Gasteiger partial charge in [-0.2, -0.15) is 5.10 Å². The van der Waals surface area contributed by atoms with Crippen molar-refractivity contribution >= 4 is 51.2 Å². The van der Waals surface area contributed by atoms with Crippen LogP contribution in [0.2, 0.25) is 5.02 Å². The fourth-order valence-corrected chi connectivity index (χ4v) is 4.19. The van der Waals surface area contributed by atoms with Crippen molar-refractivity contribution in [2.24, 2.45) is 5.10 Å². The van der Waals surface area contributed by atoms with Gasteiger partial charge in [0.15, 0.2) is 17.3 Å². The number of nitrogens with one attached hydrogen (secondary N) is 1. The van der Waals surface area contributed by atoms with E-state index in [9.17, 15) is 14.9 Å². The van der Waals surface area contributed by atoms with Gasteiger partial charge < -0.3 is 13.9 Å². The zero-order valence-corrected chi connectivity index (χ0v) is 20.8. The first-order chi connectivity index (χ1) is 18.4. The lowest BCUT2D eigenvalue weighted by molar-refractivity contribution is -0.384. The predicted octanol–water partition coefficient (Wildman–Crippen LogP) is 6.50. The van der Waals surface area contributed by atoms with Crippen LogP contribution in [0.3, 0.4) is 0 Å². The molecular weight excluding hydrogens is 510 g/mol. The van der Waals surface area contributed by atoms with Gasteiger partial charge >= 0.3 is 5.91 Å². The minimum absolute atomic E-state index is 0.0364. The van der Waals surface area contributed by atoms with Crippen LogP contribution in [0.5, 0.6) is 11.5 Å². The van der Waals surface area contributed by atoms with Crippen molar-refractivity contribution in [2.45, 2.75) is 6.61 Å². The molecule has 1 amide bonds. The third kappa shape index (κ3) is 5.28. The largest absolute Gasteiger partial charge is 0.493 e. The second-order valence-electron chi connectivity index (χ2n) is 8.29. The van der Waals surface area contributed by atoms with Crippen molar-refractivity contribution in [1.29, 1.82) is 0 Å². The molecule has 0 radical (unpaired) electrons. The van der Waals surface area contributed by atoms with Crippen molar-refractivity contribution in [3.63, 3.8) is 0 Å². The Hall–Kier alpha value is -4.89. The maximum absolute atomic E-state index is 12.4. The predicted molar refractivity (Wildman–Crippen MR) is 144 cm³/mol. The molecule has 0 saturated carbocycles. The van der Waals surface area contributed by atoms with Crippen molar-refractivity contribution in [3.8, 4) is 11.5 Å². The molecule has 9 nitrogen and oxygen atoms in total. The number of rotatable bonds is 8. The summed E-state index contributed by atoms with van der Waals surface area (Å²) < 4.78 is 16.9. The Kier molecular flexibility index (Phi) is 6.92. The summed E-state index contributed by atoms with van der Waals surface area (Å²) in [5.41, 5.74) is 4.16. The maximum atomic E-state index is 12.4. The molecule has 0 fully saturated rings. The van der Waals surface area contributed by atoms with Crippen LogP contribution in [0, 0.1) is 10.1 Å². The summed E-state index contributed by atoms with van der Waals surface area (Å²) in [6.07, 6.45) is 1.40. The number of halogens is 1. The molecular formula is C28H20ClN3O6. The van der Waals surface area contributed by atoms with Crippen molar-refractivity contribution in [3.05, 3.63) is 111 Å². The molecule has 1 aromatic heterocycles. The fraction of sp³-hybridized carbons (Fsp3) is 0.0714. The van der Waals surface area contributed by atoms with Crippen molar-refractivity contribution in [1.82, 2.24) is 5.43 Å². The van der Waals surface area contributed by atoms with Gasteiger partial charge in [-0.3, -0.25) is 14.9 Å². The van der Waals surface area contributed by atoms with Gasteiger partial charge in [-0.05, 0) is 52.2 Å². The van der Waals surface area contributed by atoms with Gasteiger partial charge in [-0.15, -0.1) is 0 Å². The standard InChI is InChI=1S/C28H20ClN3O6/c1-36-25-12-18(11-23(29)27(25)37-16-17-6-7-19-4-2-3-5-20(19)10-17)15-30-31-28(33)26-14-21-13-22(32(34)35)8-9-24(21)38-26/h2-15H,16H2,1H3,(H,31,33)/b30-15+. The van der Waals surface area contributed by atoms with Gasteiger partial charge in [-0.25, -0.2) is 5.43 Å². The number of fused-ring (bicyclic) bond motifs is 2. The molecule has 190 valence electrons. The highest BCUT2D eigenvalue weighted by Crippen LogP contribution is 2.36. The molecule has 0 bridgehead atoms. The first-order valence-electron chi connectivity index (χ1n) is 11.4. The van der Waals surface area contributed by atoms with E-state index in [0.29, 0.717) is 39.7 Å². The molecule has 1 N–H and O–H groups in total. The third-order valence-electron chi connectivity index (χ3n) is 5.76. The topological polar surface area (TPSA) is 116 Å². The first kappa shape index (κ1) is 24.8. The molecule has 0 unspecified atom stereocenters. The number of nitrogens with zero attached hydrogens (tertiary/aromatic N) is 2. The molecule has 0 atom stereocenters. The maximum Gasteiger partial charge on any atom is 0.307 e. The van der Waals surface area contributed by atoms with Gasteiger partial charge in [0, 0.05) is 17.5 Å². The van der Waals surface area contributed by atoms with Crippen molar-refractivity contribution < 1.29 is 23.6 Å². The van der Waals surface area contributed by atoms with E-state index in [-0.39, 0.29) is 11.4 Å². The minimum atomic E-state index is -0.617. The number of carbonyl (C=O) groups is 1. The lowest BCUT2D eigenvalue weighted by Gasteiger charge is -2.13. The molecule has 0 saturated heterocycles. The molecule has 0 aliphatic rings. The van der Waals surface area contributed by atoms with Crippen LogP contribution in [0.4, 0.5) is 5.69 Å². The molecule has 5 rings (SSSR count). The highest BCUT2D eigenvalue weighted by molar-refractivity contribution is 6.32. The summed E-state index contributed by atoms with van der Waals surface area (Å²) in [4.78, 5) is 22.9. The normalized spacial score (nSPS) is 11.2. The second-order valence-corrected chi connectivity index (χ2v) is 8.70. The number of benzene rings is 4. The molecule has 0 aliphatic carbocycles. The summed E-state index contributed by atoms with van der Waals surface area (Å²) in [5, 5.41) is 17.9. The molecule has 10 heteroatoms. The average molecular weight is 530 g/mol. The summed E-state index contributed by atoms with van der Waals surface area (Å²) in [5.74, 6) is 0.143. The number of hydrogen-bond donors (Lipinski definition) is 1. The Morgan fingerprint density at radius 3 is 2.66 bits per heavy atom. The van der Waals surface area contributed by atoms with Gasteiger partial charge in [-0.1, -0.05) is 48.0 Å². The van der Waals surface area contributed by atoms with E-state index in [1.807, 2.05) is 36.4 Å². The number of furan rings is 1. The van der Waals surface area contributed by atoms with E-state index in [1.54, 1.807) is 12.1 Å². The van der Waals surface area contributed by atoms with Crippen LogP contribution in [-0.4, -0.2) is 24.2 Å². The number of nitro benzene ring substituents is 1. The molecule has 38 heavy (non-hydrogen) atoms. The van der Waals surface area contributed by atoms with Crippen LogP contribution >= 0.6 is 11.6 Å². The number of non-ortho nitro benzene ring substituents is 1. The van der Waals surface area contributed by atoms with Crippen molar-refractivity contribution in [2.75, 3.05) is 7.11 Å². The smallest absolute Gasteiger partial charge is 0.307 e. The Labute approximate surface area is 221 Å². The summed E-state index contributed by atoms with van der Waals surface area (Å²) in [6, 6.07) is 23.0. The number of carbonyl (C=O) groups excluding carboxylic acids is 1. The third-order valence-corrected chi connectivity index (χ3v) is 6.04. The first-order valence-corrected chi connectivity index (χ1v) is 11.8. The summed E-state index contributed by atoms with van der Waals surface area (Å²) >= 11 is 6.48. The molecule has 0 spiro atoms. The van der Waals surface area contributed by atoms with E-state index >= 15 is 0 Å². The number of hydrazone groups is 1. The second kappa shape index (κ2) is 10.6. The molecule has 1 heterocycles. The summed E-state index contributed by atoms with van der Waals surface area (Å²) in [7, 11) is 1.50. The zero-order chi connectivity index (χ0) is 26.6.